The van der Waals surface area contributed by atoms with Gasteiger partial charge in [0.2, 0.25) is 0 Å². The third-order valence-electron chi connectivity index (χ3n) is 2.13. The van der Waals surface area contributed by atoms with Gasteiger partial charge in [0.25, 0.3) is 5.91 Å². The Balaban J connectivity index is 2.03. The van der Waals surface area contributed by atoms with Crippen molar-refractivity contribution >= 4 is 17.6 Å². The van der Waals surface area contributed by atoms with E-state index in [2.05, 4.69) is 15.4 Å². The molecule has 2 aromatic heterocycles. The zero-order valence-electron chi connectivity index (χ0n) is 9.57. The Morgan fingerprint density at radius 3 is 2.83 bits per heavy atom. The standard InChI is InChI=1S/C10H11N5O3/c1-14-4-8(11-6-14)10(18)13-7-2-12-15(3-7)5-9(16)17/h2-4,6H,5H2,1H3,(H,13,18)(H,16,17). The Hall–Kier alpha value is -2.64. The van der Waals surface area contributed by atoms with Gasteiger partial charge in [-0.1, -0.05) is 0 Å². The number of hydrogen-bond donors (Lipinski definition) is 2. The molecule has 0 spiro atoms. The second-order valence-electron chi connectivity index (χ2n) is 3.70. The average Bonchev–Trinajstić information content (AvgIpc) is 2.87. The van der Waals surface area contributed by atoms with E-state index in [1.54, 1.807) is 17.8 Å². The number of anilines is 1. The van der Waals surface area contributed by atoms with Crippen molar-refractivity contribution in [1.82, 2.24) is 19.3 Å². The van der Waals surface area contributed by atoms with Crippen LogP contribution < -0.4 is 5.32 Å². The SMILES string of the molecule is Cn1cnc(C(=O)Nc2cnn(CC(=O)O)c2)c1. The number of carbonyl (C=O) groups is 2. The summed E-state index contributed by atoms with van der Waals surface area (Å²) in [7, 11) is 1.76. The van der Waals surface area contributed by atoms with Gasteiger partial charge in [0.05, 0.1) is 18.2 Å². The van der Waals surface area contributed by atoms with Crippen molar-refractivity contribution in [3.05, 3.63) is 30.6 Å². The smallest absolute Gasteiger partial charge is 0.325 e. The highest BCUT2D eigenvalue weighted by molar-refractivity contribution is 6.02. The minimum atomic E-state index is -0.999. The molecule has 0 aliphatic rings. The topological polar surface area (TPSA) is 102 Å². The van der Waals surface area contributed by atoms with Crippen molar-refractivity contribution < 1.29 is 14.7 Å². The number of aryl methyl sites for hydroxylation is 1. The van der Waals surface area contributed by atoms with Gasteiger partial charge in [0.15, 0.2) is 0 Å². The van der Waals surface area contributed by atoms with Crippen LogP contribution in [-0.2, 0) is 18.4 Å². The molecule has 0 atom stereocenters. The van der Waals surface area contributed by atoms with E-state index in [4.69, 9.17) is 5.11 Å². The predicted octanol–water partition coefficient (Wildman–Crippen LogP) is -0.0465. The molecule has 0 aliphatic carbocycles. The van der Waals surface area contributed by atoms with E-state index >= 15 is 0 Å². The zero-order chi connectivity index (χ0) is 13.1. The minimum Gasteiger partial charge on any atom is -0.480 e. The number of nitrogens with one attached hydrogen (secondary N) is 1. The number of rotatable bonds is 4. The molecule has 0 saturated carbocycles. The van der Waals surface area contributed by atoms with Crippen LogP contribution in [0.25, 0.3) is 0 Å². The molecule has 94 valence electrons. The largest absolute Gasteiger partial charge is 0.480 e. The summed E-state index contributed by atoms with van der Waals surface area (Å²) in [6, 6.07) is 0. The lowest BCUT2D eigenvalue weighted by molar-refractivity contribution is -0.137. The molecule has 0 saturated heterocycles. The highest BCUT2D eigenvalue weighted by Crippen LogP contribution is 2.07. The molecule has 8 nitrogen and oxygen atoms in total. The number of carboxylic acids is 1. The molecule has 2 aromatic rings. The molecule has 8 heteroatoms. The summed E-state index contributed by atoms with van der Waals surface area (Å²) < 4.78 is 2.87. The van der Waals surface area contributed by atoms with E-state index in [-0.39, 0.29) is 18.1 Å². The van der Waals surface area contributed by atoms with Crippen LogP contribution in [0.5, 0.6) is 0 Å². The number of amides is 1. The number of hydrogen-bond acceptors (Lipinski definition) is 4. The van der Waals surface area contributed by atoms with E-state index in [1.165, 1.54) is 23.4 Å². The molecule has 0 fully saturated rings. The Labute approximate surface area is 102 Å². The van der Waals surface area contributed by atoms with Crippen molar-refractivity contribution in [2.24, 2.45) is 7.05 Å². The summed E-state index contributed by atoms with van der Waals surface area (Å²) in [5, 5.41) is 15.0. The predicted molar refractivity (Wildman–Crippen MR) is 61.0 cm³/mol. The number of imidazole rings is 1. The van der Waals surface area contributed by atoms with E-state index in [9.17, 15) is 9.59 Å². The van der Waals surface area contributed by atoms with Crippen LogP contribution in [0.15, 0.2) is 24.9 Å². The lowest BCUT2D eigenvalue weighted by Gasteiger charge is -1.98. The van der Waals surface area contributed by atoms with Gasteiger partial charge in [-0.3, -0.25) is 14.3 Å². The van der Waals surface area contributed by atoms with Crippen LogP contribution in [0.2, 0.25) is 0 Å². The van der Waals surface area contributed by atoms with Crippen LogP contribution in [0.4, 0.5) is 5.69 Å². The third-order valence-corrected chi connectivity index (χ3v) is 2.13. The molecule has 0 radical (unpaired) electrons. The van der Waals surface area contributed by atoms with Gasteiger partial charge in [0, 0.05) is 19.4 Å². The molecular formula is C10H11N5O3. The van der Waals surface area contributed by atoms with E-state index in [0.717, 1.165) is 0 Å². The fourth-order valence-electron chi connectivity index (χ4n) is 1.38. The summed E-state index contributed by atoms with van der Waals surface area (Å²) in [6.45, 7) is -0.251. The first-order chi connectivity index (χ1) is 8.54. The molecule has 0 unspecified atom stereocenters. The van der Waals surface area contributed by atoms with E-state index < -0.39 is 5.97 Å². The second kappa shape index (κ2) is 4.70. The van der Waals surface area contributed by atoms with Gasteiger partial charge in [-0.2, -0.15) is 5.10 Å². The van der Waals surface area contributed by atoms with Gasteiger partial charge in [-0.05, 0) is 0 Å². The van der Waals surface area contributed by atoms with Gasteiger partial charge in [0.1, 0.15) is 12.2 Å². The Morgan fingerprint density at radius 2 is 2.22 bits per heavy atom. The Kier molecular flexibility index (Phi) is 3.09. The van der Waals surface area contributed by atoms with E-state index in [0.29, 0.717) is 5.69 Å². The molecule has 0 aliphatic heterocycles. The van der Waals surface area contributed by atoms with Gasteiger partial charge in [-0.25, -0.2) is 4.98 Å². The molecule has 0 aromatic carbocycles. The summed E-state index contributed by atoms with van der Waals surface area (Å²) >= 11 is 0. The highest BCUT2D eigenvalue weighted by Gasteiger charge is 2.10. The Morgan fingerprint density at radius 1 is 1.44 bits per heavy atom. The molecule has 2 rings (SSSR count). The minimum absolute atomic E-state index is 0.251. The van der Waals surface area contributed by atoms with Crippen LogP contribution in [0, 0.1) is 0 Å². The number of carbonyl (C=O) groups excluding carboxylic acids is 1. The van der Waals surface area contributed by atoms with Crippen LogP contribution >= 0.6 is 0 Å². The highest BCUT2D eigenvalue weighted by atomic mass is 16.4. The Bertz CT molecular complexity index is 586. The number of aliphatic carboxylic acids is 1. The zero-order valence-corrected chi connectivity index (χ0v) is 9.57. The molecule has 2 heterocycles. The first-order valence-electron chi connectivity index (χ1n) is 5.08. The first-order valence-corrected chi connectivity index (χ1v) is 5.08. The summed E-state index contributed by atoms with van der Waals surface area (Å²) in [5.74, 6) is -1.37. The fourth-order valence-corrected chi connectivity index (χ4v) is 1.38. The summed E-state index contributed by atoms with van der Waals surface area (Å²) in [4.78, 5) is 26.1. The van der Waals surface area contributed by atoms with Gasteiger partial charge in [-0.15, -0.1) is 0 Å². The van der Waals surface area contributed by atoms with Crippen LogP contribution in [-0.4, -0.2) is 36.3 Å². The normalized spacial score (nSPS) is 10.3. The molecule has 2 N–H and O–H groups in total. The van der Waals surface area contributed by atoms with Crippen LogP contribution in [0.3, 0.4) is 0 Å². The fraction of sp³-hybridized carbons (Fsp3) is 0.200. The van der Waals surface area contributed by atoms with Crippen molar-refractivity contribution in [2.75, 3.05) is 5.32 Å². The van der Waals surface area contributed by atoms with Crippen LogP contribution in [0.1, 0.15) is 10.5 Å². The van der Waals surface area contributed by atoms with E-state index in [1.807, 2.05) is 0 Å². The number of carboxylic acid groups (broad SMARTS) is 1. The van der Waals surface area contributed by atoms with Crippen molar-refractivity contribution in [3.63, 3.8) is 0 Å². The maximum atomic E-state index is 11.7. The lowest BCUT2D eigenvalue weighted by Crippen LogP contribution is -2.12. The summed E-state index contributed by atoms with van der Waals surface area (Å²) in [6.07, 6.45) is 5.92. The third kappa shape index (κ3) is 2.73. The molecular weight excluding hydrogens is 238 g/mol. The van der Waals surface area contributed by atoms with Crippen molar-refractivity contribution in [2.45, 2.75) is 6.54 Å². The average molecular weight is 249 g/mol. The molecule has 0 bridgehead atoms. The summed E-state index contributed by atoms with van der Waals surface area (Å²) in [5.41, 5.74) is 0.704. The maximum Gasteiger partial charge on any atom is 0.325 e. The number of nitrogens with zero attached hydrogens (tertiary/aromatic N) is 4. The first kappa shape index (κ1) is 11.8. The molecule has 1 amide bonds. The van der Waals surface area contributed by atoms with Gasteiger partial charge < -0.3 is 15.0 Å². The monoisotopic (exact) mass is 249 g/mol. The number of aromatic nitrogens is 4. The quantitative estimate of drug-likeness (QED) is 0.791. The van der Waals surface area contributed by atoms with Crippen molar-refractivity contribution in [1.29, 1.82) is 0 Å². The molecule has 18 heavy (non-hydrogen) atoms. The van der Waals surface area contributed by atoms with Crippen molar-refractivity contribution in [3.8, 4) is 0 Å². The second-order valence-corrected chi connectivity index (χ2v) is 3.70. The van der Waals surface area contributed by atoms with Gasteiger partial charge >= 0.3 is 5.97 Å². The maximum absolute atomic E-state index is 11.7. The lowest BCUT2D eigenvalue weighted by atomic mass is 10.4.